The molecule has 2 aromatic rings. The first-order valence-corrected chi connectivity index (χ1v) is 5.75. The molecule has 0 bridgehead atoms. The van der Waals surface area contributed by atoms with E-state index in [1.807, 2.05) is 24.4 Å². The standard InChI is InChI=1S/C13H18N4/c1-13(2,3)10-15-11-6-4-7-14-12(11)17-9-5-8-16-17/h4-9,15H,10H2,1-3H3. The van der Waals surface area contributed by atoms with Crippen LogP contribution in [0, 0.1) is 5.41 Å². The van der Waals surface area contributed by atoms with Gasteiger partial charge in [0.2, 0.25) is 0 Å². The van der Waals surface area contributed by atoms with Crippen LogP contribution in [-0.4, -0.2) is 21.3 Å². The van der Waals surface area contributed by atoms with Crippen LogP contribution >= 0.6 is 0 Å². The molecule has 4 nitrogen and oxygen atoms in total. The first kappa shape index (κ1) is 11.6. The van der Waals surface area contributed by atoms with E-state index in [4.69, 9.17) is 0 Å². The van der Waals surface area contributed by atoms with Crippen LogP contribution < -0.4 is 5.32 Å². The van der Waals surface area contributed by atoms with Gasteiger partial charge in [0.1, 0.15) is 0 Å². The van der Waals surface area contributed by atoms with E-state index in [2.05, 4.69) is 36.2 Å². The molecule has 90 valence electrons. The Hall–Kier alpha value is -1.84. The Morgan fingerprint density at radius 1 is 1.24 bits per heavy atom. The van der Waals surface area contributed by atoms with E-state index in [9.17, 15) is 0 Å². The lowest BCUT2D eigenvalue weighted by Gasteiger charge is -2.20. The third-order valence-corrected chi connectivity index (χ3v) is 2.32. The Labute approximate surface area is 102 Å². The normalized spacial score (nSPS) is 11.5. The predicted molar refractivity (Wildman–Crippen MR) is 69.3 cm³/mol. The highest BCUT2D eigenvalue weighted by Crippen LogP contribution is 2.19. The summed E-state index contributed by atoms with van der Waals surface area (Å²) in [5.41, 5.74) is 1.24. The highest BCUT2D eigenvalue weighted by molar-refractivity contribution is 5.56. The van der Waals surface area contributed by atoms with Gasteiger partial charge in [-0.25, -0.2) is 9.67 Å². The van der Waals surface area contributed by atoms with Crippen LogP contribution in [0.5, 0.6) is 0 Å². The van der Waals surface area contributed by atoms with Gasteiger partial charge in [-0.1, -0.05) is 20.8 Å². The van der Waals surface area contributed by atoms with Crippen molar-refractivity contribution in [2.75, 3.05) is 11.9 Å². The zero-order chi connectivity index (χ0) is 12.3. The molecular formula is C13H18N4. The van der Waals surface area contributed by atoms with Gasteiger partial charge in [0.15, 0.2) is 5.82 Å². The average molecular weight is 230 g/mol. The molecule has 17 heavy (non-hydrogen) atoms. The van der Waals surface area contributed by atoms with Crippen LogP contribution in [0.1, 0.15) is 20.8 Å². The Balaban J connectivity index is 2.23. The third kappa shape index (κ3) is 3.06. The highest BCUT2D eigenvalue weighted by atomic mass is 15.3. The Kier molecular flexibility index (Phi) is 3.13. The number of nitrogens with zero attached hydrogens (tertiary/aromatic N) is 3. The maximum absolute atomic E-state index is 4.36. The smallest absolute Gasteiger partial charge is 0.176 e. The van der Waals surface area contributed by atoms with Crippen molar-refractivity contribution >= 4 is 5.69 Å². The molecule has 0 radical (unpaired) electrons. The second-order valence-corrected chi connectivity index (χ2v) is 5.24. The van der Waals surface area contributed by atoms with Crippen molar-refractivity contribution in [1.82, 2.24) is 14.8 Å². The molecule has 0 spiro atoms. The Morgan fingerprint density at radius 2 is 2.06 bits per heavy atom. The first-order chi connectivity index (χ1) is 8.06. The minimum absolute atomic E-state index is 0.233. The SMILES string of the molecule is CC(C)(C)CNc1cccnc1-n1cccn1. The van der Waals surface area contributed by atoms with Gasteiger partial charge >= 0.3 is 0 Å². The van der Waals surface area contributed by atoms with Gasteiger partial charge in [-0.3, -0.25) is 0 Å². The second-order valence-electron chi connectivity index (χ2n) is 5.24. The Bertz CT molecular complexity index is 468. The lowest BCUT2D eigenvalue weighted by atomic mass is 9.97. The molecule has 0 aromatic carbocycles. The predicted octanol–water partition coefficient (Wildman–Crippen LogP) is 2.73. The quantitative estimate of drug-likeness (QED) is 0.881. The largest absolute Gasteiger partial charge is 0.381 e. The van der Waals surface area contributed by atoms with Crippen LogP contribution in [0.4, 0.5) is 5.69 Å². The summed E-state index contributed by atoms with van der Waals surface area (Å²) < 4.78 is 1.77. The highest BCUT2D eigenvalue weighted by Gasteiger charge is 2.12. The lowest BCUT2D eigenvalue weighted by molar-refractivity contribution is 0.443. The minimum Gasteiger partial charge on any atom is -0.381 e. The van der Waals surface area contributed by atoms with Gasteiger partial charge in [-0.05, 0) is 23.6 Å². The van der Waals surface area contributed by atoms with Gasteiger partial charge in [0, 0.05) is 25.1 Å². The molecule has 0 saturated heterocycles. The fourth-order valence-electron chi connectivity index (χ4n) is 1.47. The fourth-order valence-corrected chi connectivity index (χ4v) is 1.47. The summed E-state index contributed by atoms with van der Waals surface area (Å²) >= 11 is 0. The van der Waals surface area contributed by atoms with Crippen molar-refractivity contribution in [1.29, 1.82) is 0 Å². The van der Waals surface area contributed by atoms with E-state index >= 15 is 0 Å². The molecule has 2 rings (SSSR count). The summed E-state index contributed by atoms with van der Waals surface area (Å²) in [6.45, 7) is 7.49. The molecule has 2 heterocycles. The number of nitrogens with one attached hydrogen (secondary N) is 1. The summed E-state index contributed by atoms with van der Waals surface area (Å²) in [5, 5.41) is 7.62. The van der Waals surface area contributed by atoms with Crippen LogP contribution in [-0.2, 0) is 0 Å². The number of aromatic nitrogens is 3. The van der Waals surface area contributed by atoms with Gasteiger partial charge in [0.25, 0.3) is 0 Å². The van der Waals surface area contributed by atoms with Gasteiger partial charge in [-0.15, -0.1) is 0 Å². The van der Waals surface area contributed by atoms with E-state index in [0.29, 0.717) is 0 Å². The van der Waals surface area contributed by atoms with Crippen molar-refractivity contribution in [3.8, 4) is 5.82 Å². The maximum Gasteiger partial charge on any atom is 0.176 e. The summed E-state index contributed by atoms with van der Waals surface area (Å²) in [6, 6.07) is 5.84. The van der Waals surface area contributed by atoms with E-state index in [0.717, 1.165) is 18.1 Å². The maximum atomic E-state index is 4.36. The van der Waals surface area contributed by atoms with Gasteiger partial charge in [-0.2, -0.15) is 5.10 Å². The van der Waals surface area contributed by atoms with E-state index < -0.39 is 0 Å². The fraction of sp³-hybridized carbons (Fsp3) is 0.385. The van der Waals surface area contributed by atoms with Crippen molar-refractivity contribution < 1.29 is 0 Å². The minimum atomic E-state index is 0.233. The molecule has 0 unspecified atom stereocenters. The second kappa shape index (κ2) is 4.57. The van der Waals surface area contributed by atoms with Crippen LogP contribution in [0.2, 0.25) is 0 Å². The molecule has 0 saturated carbocycles. The van der Waals surface area contributed by atoms with Crippen molar-refractivity contribution in [2.45, 2.75) is 20.8 Å². The van der Waals surface area contributed by atoms with Crippen LogP contribution in [0.15, 0.2) is 36.8 Å². The Morgan fingerprint density at radius 3 is 2.71 bits per heavy atom. The van der Waals surface area contributed by atoms with Crippen LogP contribution in [0.25, 0.3) is 5.82 Å². The summed E-state index contributed by atoms with van der Waals surface area (Å²) in [7, 11) is 0. The number of rotatable bonds is 3. The van der Waals surface area contributed by atoms with Crippen LogP contribution in [0.3, 0.4) is 0 Å². The molecule has 0 aliphatic heterocycles. The summed E-state index contributed by atoms with van der Waals surface area (Å²) in [6.07, 6.45) is 5.42. The molecule has 4 heteroatoms. The number of hydrogen-bond donors (Lipinski definition) is 1. The summed E-state index contributed by atoms with van der Waals surface area (Å²) in [4.78, 5) is 4.36. The zero-order valence-corrected chi connectivity index (χ0v) is 10.5. The van der Waals surface area contributed by atoms with E-state index in [1.54, 1.807) is 17.1 Å². The third-order valence-electron chi connectivity index (χ3n) is 2.32. The molecule has 0 amide bonds. The van der Waals surface area contributed by atoms with E-state index in [1.165, 1.54) is 0 Å². The van der Waals surface area contributed by atoms with Crippen molar-refractivity contribution in [3.63, 3.8) is 0 Å². The van der Waals surface area contributed by atoms with Gasteiger partial charge < -0.3 is 5.32 Å². The molecule has 0 aliphatic carbocycles. The molecule has 1 N–H and O–H groups in total. The number of hydrogen-bond acceptors (Lipinski definition) is 3. The molecular weight excluding hydrogens is 212 g/mol. The topological polar surface area (TPSA) is 42.7 Å². The summed E-state index contributed by atoms with van der Waals surface area (Å²) in [5.74, 6) is 0.835. The first-order valence-electron chi connectivity index (χ1n) is 5.75. The van der Waals surface area contributed by atoms with E-state index in [-0.39, 0.29) is 5.41 Å². The lowest BCUT2D eigenvalue weighted by Crippen LogP contribution is -2.20. The zero-order valence-electron chi connectivity index (χ0n) is 10.5. The molecule has 2 aromatic heterocycles. The monoisotopic (exact) mass is 230 g/mol. The number of anilines is 1. The number of pyridine rings is 1. The van der Waals surface area contributed by atoms with Crippen molar-refractivity contribution in [3.05, 3.63) is 36.8 Å². The average Bonchev–Trinajstić information content (AvgIpc) is 2.79. The van der Waals surface area contributed by atoms with Crippen molar-refractivity contribution in [2.24, 2.45) is 5.41 Å². The molecule has 0 atom stereocenters. The molecule has 0 fully saturated rings. The molecule has 0 aliphatic rings. The van der Waals surface area contributed by atoms with Gasteiger partial charge in [0.05, 0.1) is 5.69 Å².